The summed E-state index contributed by atoms with van der Waals surface area (Å²) in [5.41, 5.74) is 2.08. The van der Waals surface area contributed by atoms with Crippen molar-refractivity contribution in [1.82, 2.24) is 10.2 Å². The molecule has 0 spiro atoms. The SMILES string of the molecule is COc1cc(CN(C(=S)NCc2ccccc2)C2CC2)ccc1OC(F)F. The van der Waals surface area contributed by atoms with Crippen LogP contribution in [0.25, 0.3) is 0 Å². The molecule has 0 aromatic heterocycles. The van der Waals surface area contributed by atoms with Crippen LogP contribution in [0.3, 0.4) is 0 Å². The van der Waals surface area contributed by atoms with Crippen molar-refractivity contribution in [3.8, 4) is 11.5 Å². The van der Waals surface area contributed by atoms with Crippen LogP contribution in [0.4, 0.5) is 8.78 Å². The van der Waals surface area contributed by atoms with Gasteiger partial charge in [-0.05, 0) is 48.3 Å². The number of nitrogens with one attached hydrogen (secondary N) is 1. The van der Waals surface area contributed by atoms with Crippen LogP contribution in [0.15, 0.2) is 48.5 Å². The Morgan fingerprint density at radius 3 is 2.52 bits per heavy atom. The third-order valence-electron chi connectivity index (χ3n) is 4.33. The number of hydrogen-bond donors (Lipinski definition) is 1. The molecule has 1 aliphatic carbocycles. The molecule has 0 amide bonds. The van der Waals surface area contributed by atoms with Gasteiger partial charge in [0.05, 0.1) is 7.11 Å². The van der Waals surface area contributed by atoms with Crippen molar-refractivity contribution in [2.75, 3.05) is 7.11 Å². The summed E-state index contributed by atoms with van der Waals surface area (Å²) in [7, 11) is 1.43. The Balaban J connectivity index is 1.66. The third kappa shape index (κ3) is 5.53. The van der Waals surface area contributed by atoms with Crippen LogP contribution in [0.2, 0.25) is 0 Å². The summed E-state index contributed by atoms with van der Waals surface area (Å²) in [6.07, 6.45) is 2.19. The highest BCUT2D eigenvalue weighted by molar-refractivity contribution is 7.80. The lowest BCUT2D eigenvalue weighted by Gasteiger charge is -2.26. The van der Waals surface area contributed by atoms with Crippen LogP contribution >= 0.6 is 12.2 Å². The summed E-state index contributed by atoms with van der Waals surface area (Å²) < 4.78 is 34.6. The molecule has 2 aromatic rings. The quantitative estimate of drug-likeness (QED) is 0.676. The second kappa shape index (κ2) is 8.99. The van der Waals surface area contributed by atoms with E-state index >= 15 is 0 Å². The molecule has 7 heteroatoms. The van der Waals surface area contributed by atoms with Crippen LogP contribution in [0, 0.1) is 0 Å². The molecular weight excluding hydrogens is 370 g/mol. The topological polar surface area (TPSA) is 33.7 Å². The number of thiocarbonyl (C=S) groups is 1. The summed E-state index contributed by atoms with van der Waals surface area (Å²) in [5.74, 6) is 0.311. The van der Waals surface area contributed by atoms with Crippen molar-refractivity contribution in [2.24, 2.45) is 0 Å². The number of nitrogens with zero attached hydrogens (tertiary/aromatic N) is 1. The molecule has 0 aliphatic heterocycles. The fourth-order valence-electron chi connectivity index (χ4n) is 2.83. The number of methoxy groups -OCH3 is 1. The first kappa shape index (κ1) is 19.4. The van der Waals surface area contributed by atoms with E-state index in [-0.39, 0.29) is 11.5 Å². The molecule has 144 valence electrons. The molecule has 0 unspecified atom stereocenters. The van der Waals surface area contributed by atoms with E-state index in [0.29, 0.717) is 24.2 Å². The molecule has 3 rings (SSSR count). The Bertz CT molecular complexity index is 770. The largest absolute Gasteiger partial charge is 0.493 e. The van der Waals surface area contributed by atoms with Gasteiger partial charge in [0.1, 0.15) is 0 Å². The molecule has 1 saturated carbocycles. The van der Waals surface area contributed by atoms with Crippen LogP contribution < -0.4 is 14.8 Å². The Morgan fingerprint density at radius 2 is 1.89 bits per heavy atom. The molecule has 0 radical (unpaired) electrons. The lowest BCUT2D eigenvalue weighted by atomic mass is 10.2. The molecule has 1 N–H and O–H groups in total. The zero-order valence-corrected chi connectivity index (χ0v) is 15.8. The monoisotopic (exact) mass is 392 g/mol. The van der Waals surface area contributed by atoms with Gasteiger partial charge in [0.25, 0.3) is 0 Å². The minimum absolute atomic E-state index is 0.0269. The van der Waals surface area contributed by atoms with Crippen LogP contribution in [0.5, 0.6) is 11.5 Å². The number of rotatable bonds is 8. The highest BCUT2D eigenvalue weighted by Gasteiger charge is 2.31. The van der Waals surface area contributed by atoms with Crippen LogP contribution in [0.1, 0.15) is 24.0 Å². The average molecular weight is 392 g/mol. The first-order valence-corrected chi connectivity index (χ1v) is 9.17. The number of alkyl halides is 2. The maximum Gasteiger partial charge on any atom is 0.387 e. The summed E-state index contributed by atoms with van der Waals surface area (Å²) in [5, 5.41) is 4.00. The molecule has 0 saturated heterocycles. The maximum atomic E-state index is 12.5. The molecule has 1 aliphatic rings. The van der Waals surface area contributed by atoms with E-state index in [1.54, 1.807) is 12.1 Å². The molecule has 0 bridgehead atoms. The van der Waals surface area contributed by atoms with Gasteiger partial charge in [0, 0.05) is 19.1 Å². The second-order valence-electron chi connectivity index (χ2n) is 6.37. The van der Waals surface area contributed by atoms with Crippen molar-refractivity contribution >= 4 is 17.3 Å². The van der Waals surface area contributed by atoms with Gasteiger partial charge >= 0.3 is 6.61 Å². The standard InChI is InChI=1S/C20H22F2N2O2S/c1-25-18-11-15(7-10-17(18)26-19(21)22)13-24(16-8-9-16)20(27)23-12-14-5-3-2-4-6-14/h2-7,10-11,16,19H,8-9,12-13H2,1H3,(H,23,27). The fourth-order valence-corrected chi connectivity index (χ4v) is 3.11. The number of halogens is 2. The summed E-state index contributed by atoms with van der Waals surface area (Å²) >= 11 is 5.59. The third-order valence-corrected chi connectivity index (χ3v) is 4.71. The van der Waals surface area contributed by atoms with E-state index < -0.39 is 6.61 Å². The molecule has 2 aromatic carbocycles. The van der Waals surface area contributed by atoms with Gasteiger partial charge < -0.3 is 19.7 Å². The van der Waals surface area contributed by atoms with Gasteiger partial charge in [-0.1, -0.05) is 36.4 Å². The Labute approximate surface area is 163 Å². The molecular formula is C20H22F2N2O2S. The smallest absolute Gasteiger partial charge is 0.387 e. The fraction of sp³-hybridized carbons (Fsp3) is 0.350. The van der Waals surface area contributed by atoms with Crippen LogP contribution in [-0.4, -0.2) is 29.8 Å². The van der Waals surface area contributed by atoms with E-state index in [0.717, 1.165) is 24.0 Å². The van der Waals surface area contributed by atoms with Gasteiger partial charge in [0.2, 0.25) is 0 Å². The van der Waals surface area contributed by atoms with Crippen molar-refractivity contribution in [1.29, 1.82) is 0 Å². The normalized spacial score (nSPS) is 13.3. The Morgan fingerprint density at radius 1 is 1.15 bits per heavy atom. The molecule has 27 heavy (non-hydrogen) atoms. The van der Waals surface area contributed by atoms with E-state index in [1.165, 1.54) is 13.2 Å². The van der Waals surface area contributed by atoms with E-state index in [4.69, 9.17) is 17.0 Å². The Kier molecular flexibility index (Phi) is 6.45. The number of ether oxygens (including phenoxy) is 2. The first-order valence-electron chi connectivity index (χ1n) is 8.77. The van der Waals surface area contributed by atoms with Crippen LogP contribution in [-0.2, 0) is 13.1 Å². The molecule has 0 heterocycles. The highest BCUT2D eigenvalue weighted by atomic mass is 32.1. The zero-order chi connectivity index (χ0) is 19.2. The van der Waals surface area contributed by atoms with Gasteiger partial charge in [-0.3, -0.25) is 0 Å². The molecule has 4 nitrogen and oxygen atoms in total. The van der Waals surface area contributed by atoms with Gasteiger partial charge in [-0.15, -0.1) is 0 Å². The second-order valence-corrected chi connectivity index (χ2v) is 6.75. The number of benzene rings is 2. The van der Waals surface area contributed by atoms with E-state index in [1.807, 2.05) is 30.3 Å². The average Bonchev–Trinajstić information content (AvgIpc) is 3.50. The number of hydrogen-bond acceptors (Lipinski definition) is 3. The minimum Gasteiger partial charge on any atom is -0.493 e. The minimum atomic E-state index is -2.89. The van der Waals surface area contributed by atoms with Crippen molar-refractivity contribution in [3.05, 3.63) is 59.7 Å². The van der Waals surface area contributed by atoms with Crippen molar-refractivity contribution in [3.63, 3.8) is 0 Å². The van der Waals surface area contributed by atoms with Gasteiger partial charge in [-0.2, -0.15) is 8.78 Å². The predicted octanol–water partition coefficient (Wildman–Crippen LogP) is 4.34. The van der Waals surface area contributed by atoms with E-state index in [2.05, 4.69) is 15.0 Å². The predicted molar refractivity (Wildman–Crippen MR) is 104 cm³/mol. The summed E-state index contributed by atoms with van der Waals surface area (Å²) in [6, 6.07) is 15.4. The maximum absolute atomic E-state index is 12.5. The van der Waals surface area contributed by atoms with E-state index in [9.17, 15) is 8.78 Å². The molecule has 1 fully saturated rings. The Hall–Kier alpha value is -2.41. The van der Waals surface area contributed by atoms with Gasteiger partial charge in [0.15, 0.2) is 16.6 Å². The lowest BCUT2D eigenvalue weighted by Crippen LogP contribution is -2.40. The summed E-state index contributed by atoms with van der Waals surface area (Å²) in [6.45, 7) is -1.65. The highest BCUT2D eigenvalue weighted by Crippen LogP contribution is 2.32. The van der Waals surface area contributed by atoms with Crippen molar-refractivity contribution in [2.45, 2.75) is 38.6 Å². The van der Waals surface area contributed by atoms with Gasteiger partial charge in [-0.25, -0.2) is 0 Å². The van der Waals surface area contributed by atoms with Crippen molar-refractivity contribution < 1.29 is 18.3 Å². The lowest BCUT2D eigenvalue weighted by molar-refractivity contribution is -0.0512. The zero-order valence-electron chi connectivity index (χ0n) is 15.0. The first-order chi connectivity index (χ1) is 13.1. The molecule has 0 atom stereocenters. The summed E-state index contributed by atoms with van der Waals surface area (Å²) in [4.78, 5) is 2.14.